The summed E-state index contributed by atoms with van der Waals surface area (Å²) in [5, 5.41) is 8.98. The summed E-state index contributed by atoms with van der Waals surface area (Å²) in [6, 6.07) is 0. The number of aliphatic carboxylic acids is 1. The first kappa shape index (κ1) is 14.9. The number of nitrogens with two attached hydrogens (primary N) is 1. The van der Waals surface area contributed by atoms with Gasteiger partial charge in [0.1, 0.15) is 11.4 Å². The monoisotopic (exact) mass is 302 g/mol. The van der Waals surface area contributed by atoms with Gasteiger partial charge in [-0.2, -0.15) is 4.31 Å². The highest BCUT2D eigenvalue weighted by atomic mass is 32.2. The van der Waals surface area contributed by atoms with E-state index in [2.05, 4.69) is 4.98 Å². The van der Waals surface area contributed by atoms with E-state index in [1.165, 1.54) is 6.20 Å². The summed E-state index contributed by atoms with van der Waals surface area (Å²) >= 11 is 0. The van der Waals surface area contributed by atoms with Crippen LogP contribution in [0.3, 0.4) is 0 Å². The fourth-order valence-corrected chi connectivity index (χ4v) is 3.74. The Balaban J connectivity index is 2.30. The molecule has 1 atom stereocenters. The molecule has 0 aliphatic carbocycles. The highest BCUT2D eigenvalue weighted by Crippen LogP contribution is 2.25. The maximum Gasteiger partial charge on any atom is 0.325 e. The van der Waals surface area contributed by atoms with Crippen molar-refractivity contribution in [2.45, 2.75) is 37.4 Å². The average Bonchev–Trinajstić information content (AvgIpc) is 2.94. The number of aromatic nitrogens is 2. The molecule has 1 saturated heterocycles. The molecule has 1 aromatic heterocycles. The number of hydrogen-bond acceptors (Lipinski definition) is 5. The molecule has 1 unspecified atom stereocenters. The standard InChI is InChI=1S/C11H18N4O4S/c1-3-14-6-9(13-8(14)2)20(18,19)15-5-4-11(12,7-15)10(16)17/h6H,3-5,7,12H2,1-2H3,(H,16,17). The van der Waals surface area contributed by atoms with Crippen LogP contribution < -0.4 is 5.73 Å². The Morgan fingerprint density at radius 3 is 2.70 bits per heavy atom. The lowest BCUT2D eigenvalue weighted by atomic mass is 10.0. The van der Waals surface area contributed by atoms with Gasteiger partial charge in [-0.05, 0) is 20.3 Å². The van der Waals surface area contributed by atoms with E-state index in [9.17, 15) is 13.2 Å². The minimum atomic E-state index is -3.80. The van der Waals surface area contributed by atoms with Crippen LogP contribution in [0.25, 0.3) is 0 Å². The van der Waals surface area contributed by atoms with Gasteiger partial charge >= 0.3 is 5.97 Å². The van der Waals surface area contributed by atoms with Gasteiger partial charge in [0.15, 0.2) is 5.03 Å². The number of nitrogens with zero attached hydrogens (tertiary/aromatic N) is 3. The number of rotatable bonds is 4. The maximum absolute atomic E-state index is 12.4. The first-order valence-corrected chi connectivity index (χ1v) is 7.71. The third-order valence-corrected chi connectivity index (χ3v) is 5.31. The number of carbonyl (C=O) groups is 1. The predicted octanol–water partition coefficient (Wildman–Crippen LogP) is -0.612. The average molecular weight is 302 g/mol. The van der Waals surface area contributed by atoms with Crippen LogP contribution in [-0.4, -0.2) is 52.0 Å². The second-order valence-electron chi connectivity index (χ2n) is 4.96. The number of carboxylic acids is 1. The minimum Gasteiger partial charge on any atom is -0.480 e. The summed E-state index contributed by atoms with van der Waals surface area (Å²) in [5.74, 6) is -0.590. The smallest absolute Gasteiger partial charge is 0.325 e. The van der Waals surface area contributed by atoms with Crippen molar-refractivity contribution in [2.75, 3.05) is 13.1 Å². The van der Waals surface area contributed by atoms with Gasteiger partial charge < -0.3 is 15.4 Å². The van der Waals surface area contributed by atoms with Crippen LogP contribution >= 0.6 is 0 Å². The maximum atomic E-state index is 12.4. The van der Waals surface area contributed by atoms with E-state index in [1.807, 2.05) is 6.92 Å². The normalized spacial score (nSPS) is 24.1. The van der Waals surface area contributed by atoms with Crippen molar-refractivity contribution >= 4 is 16.0 Å². The molecule has 3 N–H and O–H groups in total. The molecule has 8 nitrogen and oxygen atoms in total. The molecule has 1 fully saturated rings. The second-order valence-corrected chi connectivity index (χ2v) is 6.85. The molecule has 112 valence electrons. The molecule has 0 amide bonds. The topological polar surface area (TPSA) is 119 Å². The highest BCUT2D eigenvalue weighted by molar-refractivity contribution is 7.89. The van der Waals surface area contributed by atoms with Crippen molar-refractivity contribution in [1.82, 2.24) is 13.9 Å². The highest BCUT2D eigenvalue weighted by Gasteiger charge is 2.46. The summed E-state index contributed by atoms with van der Waals surface area (Å²) in [7, 11) is -3.80. The van der Waals surface area contributed by atoms with Gasteiger partial charge in [-0.15, -0.1) is 0 Å². The van der Waals surface area contributed by atoms with E-state index >= 15 is 0 Å². The van der Waals surface area contributed by atoms with Crippen molar-refractivity contribution in [1.29, 1.82) is 0 Å². The van der Waals surface area contributed by atoms with Crippen LogP contribution in [0.5, 0.6) is 0 Å². The predicted molar refractivity (Wildman–Crippen MR) is 70.6 cm³/mol. The number of hydrogen-bond donors (Lipinski definition) is 2. The Morgan fingerprint density at radius 1 is 1.60 bits per heavy atom. The van der Waals surface area contributed by atoms with Crippen molar-refractivity contribution in [3.8, 4) is 0 Å². The summed E-state index contributed by atoms with van der Waals surface area (Å²) in [5.41, 5.74) is 4.18. The molecule has 2 heterocycles. The lowest BCUT2D eigenvalue weighted by Crippen LogP contribution is -2.50. The summed E-state index contributed by atoms with van der Waals surface area (Å²) in [6.07, 6.45) is 1.55. The van der Waals surface area contributed by atoms with Crippen LogP contribution in [0.4, 0.5) is 0 Å². The van der Waals surface area contributed by atoms with Crippen molar-refractivity contribution in [3.63, 3.8) is 0 Å². The second kappa shape index (κ2) is 4.83. The third kappa shape index (κ3) is 2.32. The Labute approximate surface area is 117 Å². The number of aryl methyl sites for hydroxylation is 2. The fourth-order valence-electron chi connectivity index (χ4n) is 2.23. The van der Waals surface area contributed by atoms with Crippen LogP contribution in [-0.2, 0) is 21.4 Å². The van der Waals surface area contributed by atoms with Crippen LogP contribution in [0.2, 0.25) is 0 Å². The van der Waals surface area contributed by atoms with Gasteiger partial charge in [0, 0.05) is 25.8 Å². The molecule has 0 bridgehead atoms. The van der Waals surface area contributed by atoms with Gasteiger partial charge in [0.05, 0.1) is 0 Å². The number of sulfonamides is 1. The molecule has 1 aliphatic rings. The molecular weight excluding hydrogens is 284 g/mol. The molecule has 0 aromatic carbocycles. The Hall–Kier alpha value is -1.45. The zero-order valence-corrected chi connectivity index (χ0v) is 12.2. The summed E-state index contributed by atoms with van der Waals surface area (Å²) < 4.78 is 27.7. The summed E-state index contributed by atoms with van der Waals surface area (Å²) in [4.78, 5) is 15.1. The Bertz CT molecular complexity index is 639. The van der Waals surface area contributed by atoms with E-state index in [4.69, 9.17) is 10.8 Å². The van der Waals surface area contributed by atoms with E-state index in [-0.39, 0.29) is 24.5 Å². The number of imidazole rings is 1. The molecule has 1 aliphatic heterocycles. The van der Waals surface area contributed by atoms with Crippen LogP contribution in [0, 0.1) is 6.92 Å². The molecule has 9 heteroatoms. The zero-order chi connectivity index (χ0) is 15.1. The van der Waals surface area contributed by atoms with Crippen LogP contribution in [0.15, 0.2) is 11.2 Å². The largest absolute Gasteiger partial charge is 0.480 e. The molecule has 0 saturated carbocycles. The van der Waals surface area contributed by atoms with Gasteiger partial charge in [0.25, 0.3) is 10.0 Å². The SMILES string of the molecule is CCn1cc(S(=O)(=O)N2CCC(N)(C(=O)O)C2)nc1C. The zero-order valence-electron chi connectivity index (χ0n) is 11.4. The molecule has 2 rings (SSSR count). The molecule has 0 spiro atoms. The van der Waals surface area contributed by atoms with Crippen molar-refractivity contribution < 1.29 is 18.3 Å². The van der Waals surface area contributed by atoms with E-state index in [1.54, 1.807) is 11.5 Å². The molecular formula is C11H18N4O4S. The van der Waals surface area contributed by atoms with Gasteiger partial charge in [-0.3, -0.25) is 4.79 Å². The Morgan fingerprint density at radius 2 is 2.25 bits per heavy atom. The lowest BCUT2D eigenvalue weighted by molar-refractivity contribution is -0.142. The lowest BCUT2D eigenvalue weighted by Gasteiger charge is -2.19. The quantitative estimate of drug-likeness (QED) is 0.765. The van der Waals surface area contributed by atoms with Crippen molar-refractivity contribution in [3.05, 3.63) is 12.0 Å². The third-order valence-electron chi connectivity index (χ3n) is 3.59. The molecule has 0 radical (unpaired) electrons. The first-order valence-electron chi connectivity index (χ1n) is 6.27. The van der Waals surface area contributed by atoms with Crippen molar-refractivity contribution in [2.24, 2.45) is 5.73 Å². The van der Waals surface area contributed by atoms with Gasteiger partial charge in [-0.25, -0.2) is 13.4 Å². The van der Waals surface area contributed by atoms with Gasteiger partial charge in [0.2, 0.25) is 0 Å². The van der Waals surface area contributed by atoms with E-state index < -0.39 is 21.5 Å². The molecule has 20 heavy (non-hydrogen) atoms. The van der Waals surface area contributed by atoms with E-state index in [0.717, 1.165) is 4.31 Å². The first-order chi connectivity index (χ1) is 9.20. The van der Waals surface area contributed by atoms with Crippen LogP contribution in [0.1, 0.15) is 19.2 Å². The minimum absolute atomic E-state index is 0.0634. The van der Waals surface area contributed by atoms with Gasteiger partial charge in [-0.1, -0.05) is 0 Å². The fraction of sp³-hybridized carbons (Fsp3) is 0.636. The number of carboxylic acid groups (broad SMARTS) is 1. The van der Waals surface area contributed by atoms with E-state index in [0.29, 0.717) is 12.4 Å². The Kier molecular flexibility index (Phi) is 3.61. The summed E-state index contributed by atoms with van der Waals surface area (Å²) in [6.45, 7) is 4.07. The molecule has 1 aromatic rings.